The standard InChI is InChI=1S/C14H16N2/c1-10-3-5-12(6-4-10)13-7-8-14(11(2)15)16-9-13/h3-9,11H,15H2,1-2H3. The molecule has 1 atom stereocenters. The maximum absolute atomic E-state index is 5.76. The molecule has 0 spiro atoms. The summed E-state index contributed by atoms with van der Waals surface area (Å²) >= 11 is 0. The minimum absolute atomic E-state index is 0.00734. The third kappa shape index (κ3) is 2.28. The normalized spacial score (nSPS) is 12.4. The van der Waals surface area contributed by atoms with Gasteiger partial charge >= 0.3 is 0 Å². The lowest BCUT2D eigenvalue weighted by Crippen LogP contribution is -2.06. The predicted molar refractivity (Wildman–Crippen MR) is 67.0 cm³/mol. The number of nitrogens with two attached hydrogens (primary N) is 1. The Morgan fingerprint density at radius 2 is 1.62 bits per heavy atom. The van der Waals surface area contributed by atoms with E-state index in [4.69, 9.17) is 5.73 Å². The Labute approximate surface area is 96.1 Å². The number of nitrogens with zero attached hydrogens (tertiary/aromatic N) is 1. The van der Waals surface area contributed by atoms with Gasteiger partial charge in [-0.2, -0.15) is 0 Å². The van der Waals surface area contributed by atoms with Crippen molar-refractivity contribution in [1.82, 2.24) is 4.98 Å². The molecule has 0 saturated heterocycles. The first kappa shape index (κ1) is 10.8. The number of hydrogen-bond acceptors (Lipinski definition) is 2. The van der Waals surface area contributed by atoms with Crippen LogP contribution in [0.3, 0.4) is 0 Å². The molecule has 0 radical (unpaired) electrons. The van der Waals surface area contributed by atoms with Crippen LogP contribution in [0.1, 0.15) is 24.2 Å². The number of pyridine rings is 1. The Bertz CT molecular complexity index is 455. The number of hydrogen-bond donors (Lipinski definition) is 1. The van der Waals surface area contributed by atoms with E-state index in [1.165, 1.54) is 11.1 Å². The highest BCUT2D eigenvalue weighted by Crippen LogP contribution is 2.19. The molecule has 2 aromatic rings. The van der Waals surface area contributed by atoms with Crippen molar-refractivity contribution < 1.29 is 0 Å². The van der Waals surface area contributed by atoms with Crippen LogP contribution in [0.25, 0.3) is 11.1 Å². The average molecular weight is 212 g/mol. The largest absolute Gasteiger partial charge is 0.323 e. The highest BCUT2D eigenvalue weighted by molar-refractivity contribution is 5.62. The molecule has 0 bridgehead atoms. The summed E-state index contributed by atoms with van der Waals surface area (Å²) in [5, 5.41) is 0. The second kappa shape index (κ2) is 4.45. The van der Waals surface area contributed by atoms with E-state index < -0.39 is 0 Å². The summed E-state index contributed by atoms with van der Waals surface area (Å²) in [5.74, 6) is 0. The summed E-state index contributed by atoms with van der Waals surface area (Å²) in [6, 6.07) is 12.5. The third-order valence-electron chi connectivity index (χ3n) is 2.64. The van der Waals surface area contributed by atoms with E-state index in [2.05, 4.69) is 42.2 Å². The molecule has 1 heterocycles. The molecule has 0 saturated carbocycles. The van der Waals surface area contributed by atoms with E-state index in [-0.39, 0.29) is 6.04 Å². The molecule has 82 valence electrons. The van der Waals surface area contributed by atoms with Crippen molar-refractivity contribution in [2.75, 3.05) is 0 Å². The third-order valence-corrected chi connectivity index (χ3v) is 2.64. The summed E-state index contributed by atoms with van der Waals surface area (Å²) in [5.41, 5.74) is 10.3. The van der Waals surface area contributed by atoms with Crippen LogP contribution in [0.5, 0.6) is 0 Å². The van der Waals surface area contributed by atoms with Crippen molar-refractivity contribution >= 4 is 0 Å². The number of benzene rings is 1. The molecular formula is C14H16N2. The van der Waals surface area contributed by atoms with Crippen molar-refractivity contribution in [2.24, 2.45) is 5.73 Å². The van der Waals surface area contributed by atoms with E-state index in [0.717, 1.165) is 11.3 Å². The first-order chi connectivity index (χ1) is 7.66. The zero-order valence-corrected chi connectivity index (χ0v) is 9.64. The summed E-state index contributed by atoms with van der Waals surface area (Å²) in [4.78, 5) is 4.35. The summed E-state index contributed by atoms with van der Waals surface area (Å²) in [7, 11) is 0. The van der Waals surface area contributed by atoms with Gasteiger partial charge in [0.25, 0.3) is 0 Å². The molecule has 0 aliphatic heterocycles. The van der Waals surface area contributed by atoms with Crippen molar-refractivity contribution in [3.8, 4) is 11.1 Å². The van der Waals surface area contributed by atoms with E-state index in [1.807, 2.05) is 19.2 Å². The molecule has 2 nitrogen and oxygen atoms in total. The van der Waals surface area contributed by atoms with Crippen LogP contribution in [-0.4, -0.2) is 4.98 Å². The van der Waals surface area contributed by atoms with Crippen LogP contribution in [0, 0.1) is 6.92 Å². The lowest BCUT2D eigenvalue weighted by molar-refractivity contribution is 0.781. The number of aryl methyl sites for hydroxylation is 1. The molecule has 2 rings (SSSR count). The molecule has 0 aliphatic carbocycles. The van der Waals surface area contributed by atoms with Gasteiger partial charge in [0.1, 0.15) is 0 Å². The Morgan fingerprint density at radius 3 is 2.12 bits per heavy atom. The molecule has 0 amide bonds. The summed E-state index contributed by atoms with van der Waals surface area (Å²) in [6.45, 7) is 4.02. The van der Waals surface area contributed by atoms with Crippen LogP contribution < -0.4 is 5.73 Å². The van der Waals surface area contributed by atoms with Gasteiger partial charge < -0.3 is 5.73 Å². The van der Waals surface area contributed by atoms with Gasteiger partial charge in [0.15, 0.2) is 0 Å². The maximum atomic E-state index is 5.76. The zero-order valence-electron chi connectivity index (χ0n) is 9.64. The van der Waals surface area contributed by atoms with Crippen molar-refractivity contribution in [2.45, 2.75) is 19.9 Å². The minimum Gasteiger partial charge on any atom is -0.323 e. The predicted octanol–water partition coefficient (Wildman–Crippen LogP) is 3.08. The SMILES string of the molecule is Cc1ccc(-c2ccc(C(C)N)nc2)cc1. The molecule has 16 heavy (non-hydrogen) atoms. The van der Waals surface area contributed by atoms with Gasteiger partial charge in [0, 0.05) is 17.8 Å². The molecule has 2 heteroatoms. The lowest BCUT2D eigenvalue weighted by Gasteiger charge is -2.06. The molecule has 2 N–H and O–H groups in total. The Balaban J connectivity index is 2.31. The van der Waals surface area contributed by atoms with Crippen molar-refractivity contribution in [1.29, 1.82) is 0 Å². The first-order valence-electron chi connectivity index (χ1n) is 5.45. The van der Waals surface area contributed by atoms with Gasteiger partial charge in [-0.3, -0.25) is 4.98 Å². The van der Waals surface area contributed by atoms with Gasteiger partial charge in [-0.05, 0) is 25.5 Å². The van der Waals surface area contributed by atoms with Crippen LogP contribution >= 0.6 is 0 Å². The fourth-order valence-electron chi connectivity index (χ4n) is 1.59. The van der Waals surface area contributed by atoms with Gasteiger partial charge in [-0.25, -0.2) is 0 Å². The minimum atomic E-state index is -0.00734. The lowest BCUT2D eigenvalue weighted by atomic mass is 10.1. The first-order valence-corrected chi connectivity index (χ1v) is 5.45. The second-order valence-corrected chi connectivity index (χ2v) is 4.13. The average Bonchev–Trinajstić information content (AvgIpc) is 2.30. The summed E-state index contributed by atoms with van der Waals surface area (Å²) in [6.07, 6.45) is 1.88. The Morgan fingerprint density at radius 1 is 1.00 bits per heavy atom. The van der Waals surface area contributed by atoms with E-state index in [1.54, 1.807) is 0 Å². The van der Waals surface area contributed by atoms with Crippen LogP contribution in [0.4, 0.5) is 0 Å². The highest BCUT2D eigenvalue weighted by Gasteiger charge is 2.02. The molecule has 1 aromatic carbocycles. The number of rotatable bonds is 2. The quantitative estimate of drug-likeness (QED) is 0.830. The highest BCUT2D eigenvalue weighted by atomic mass is 14.8. The topological polar surface area (TPSA) is 38.9 Å². The molecule has 0 aliphatic rings. The van der Waals surface area contributed by atoms with Crippen LogP contribution in [0.15, 0.2) is 42.6 Å². The molecular weight excluding hydrogens is 196 g/mol. The van der Waals surface area contributed by atoms with E-state index in [9.17, 15) is 0 Å². The molecule has 0 fully saturated rings. The van der Waals surface area contributed by atoms with Crippen LogP contribution in [0.2, 0.25) is 0 Å². The van der Waals surface area contributed by atoms with Crippen molar-refractivity contribution in [3.63, 3.8) is 0 Å². The summed E-state index contributed by atoms with van der Waals surface area (Å²) < 4.78 is 0. The fourth-order valence-corrected chi connectivity index (χ4v) is 1.59. The van der Waals surface area contributed by atoms with Crippen LogP contribution in [-0.2, 0) is 0 Å². The maximum Gasteiger partial charge on any atom is 0.0568 e. The van der Waals surface area contributed by atoms with Gasteiger partial charge in [-0.15, -0.1) is 0 Å². The zero-order chi connectivity index (χ0) is 11.5. The Hall–Kier alpha value is -1.67. The fraction of sp³-hybridized carbons (Fsp3) is 0.214. The Kier molecular flexibility index (Phi) is 3.02. The van der Waals surface area contributed by atoms with Gasteiger partial charge in [0.05, 0.1) is 5.69 Å². The molecule has 1 aromatic heterocycles. The van der Waals surface area contributed by atoms with E-state index >= 15 is 0 Å². The number of aromatic nitrogens is 1. The second-order valence-electron chi connectivity index (χ2n) is 4.13. The monoisotopic (exact) mass is 212 g/mol. The van der Waals surface area contributed by atoms with E-state index in [0.29, 0.717) is 0 Å². The van der Waals surface area contributed by atoms with Gasteiger partial charge in [0.2, 0.25) is 0 Å². The van der Waals surface area contributed by atoms with Crippen molar-refractivity contribution in [3.05, 3.63) is 53.9 Å². The smallest absolute Gasteiger partial charge is 0.0568 e. The van der Waals surface area contributed by atoms with Gasteiger partial charge in [-0.1, -0.05) is 35.9 Å². The molecule has 1 unspecified atom stereocenters.